The van der Waals surface area contributed by atoms with E-state index in [1.54, 1.807) is 0 Å². The van der Waals surface area contributed by atoms with Crippen LogP contribution in [0.3, 0.4) is 0 Å². The molecule has 2 amide bonds. The van der Waals surface area contributed by atoms with Crippen molar-refractivity contribution in [1.82, 2.24) is 10.9 Å². The van der Waals surface area contributed by atoms with E-state index in [2.05, 4.69) is 10.9 Å². The number of ether oxygens (including phenoxy) is 1. The zero-order valence-corrected chi connectivity index (χ0v) is 13.9. The number of hydrazine groups is 1. The summed E-state index contributed by atoms with van der Waals surface area (Å²) in [6.07, 6.45) is -1.02. The van der Waals surface area contributed by atoms with Crippen LogP contribution in [0.15, 0.2) is 48.5 Å². The molecule has 0 spiro atoms. The summed E-state index contributed by atoms with van der Waals surface area (Å²) in [7, 11) is 0. The Morgan fingerprint density at radius 3 is 2.19 bits per heavy atom. The number of rotatable bonds is 6. The van der Waals surface area contributed by atoms with E-state index in [1.807, 2.05) is 0 Å². The molecular weight excluding hydrogens is 360 g/mol. The number of nitrogens with one attached hydrogen (secondary N) is 2. The van der Waals surface area contributed by atoms with E-state index in [0.717, 1.165) is 6.07 Å². The van der Waals surface area contributed by atoms with E-state index in [9.17, 15) is 29.8 Å². The van der Waals surface area contributed by atoms with Gasteiger partial charge < -0.3 is 4.74 Å². The molecule has 1 unspecified atom stereocenters. The first kappa shape index (κ1) is 19.3. The smallest absolute Gasteiger partial charge is 0.279 e. The molecule has 2 aromatic rings. The summed E-state index contributed by atoms with van der Waals surface area (Å²) in [5.41, 5.74) is 3.87. The van der Waals surface area contributed by atoms with Crippen LogP contribution in [-0.2, 0) is 4.79 Å². The van der Waals surface area contributed by atoms with Crippen LogP contribution in [0, 0.1) is 20.2 Å². The highest BCUT2D eigenvalue weighted by atomic mass is 16.6. The molecule has 0 aliphatic carbocycles. The Balaban J connectivity index is 1.90. The number of non-ortho nitro benzene ring substituents is 2. The number of nitro benzene ring substituents is 2. The SMILES string of the molecule is CC(Oc1ccc([N+](=O)[O-])cc1)C(=O)NNC(=O)c1cccc([N+](=O)[O-])c1. The quantitative estimate of drug-likeness (QED) is 0.576. The van der Waals surface area contributed by atoms with Gasteiger partial charge in [0.1, 0.15) is 5.75 Å². The Morgan fingerprint density at radius 1 is 0.963 bits per heavy atom. The minimum atomic E-state index is -1.02. The van der Waals surface area contributed by atoms with Crippen molar-refractivity contribution in [3.63, 3.8) is 0 Å². The van der Waals surface area contributed by atoms with E-state index < -0.39 is 27.8 Å². The third kappa shape index (κ3) is 5.22. The molecule has 27 heavy (non-hydrogen) atoms. The molecule has 0 aliphatic rings. The van der Waals surface area contributed by atoms with Gasteiger partial charge >= 0.3 is 0 Å². The Labute approximate surface area is 152 Å². The van der Waals surface area contributed by atoms with Crippen molar-refractivity contribution in [1.29, 1.82) is 0 Å². The zero-order valence-electron chi connectivity index (χ0n) is 13.9. The summed E-state index contributed by atoms with van der Waals surface area (Å²) >= 11 is 0. The van der Waals surface area contributed by atoms with E-state index in [1.165, 1.54) is 49.4 Å². The van der Waals surface area contributed by atoms with Gasteiger partial charge in [0, 0.05) is 29.8 Å². The largest absolute Gasteiger partial charge is 0.481 e. The summed E-state index contributed by atoms with van der Waals surface area (Å²) < 4.78 is 5.32. The molecule has 0 heterocycles. The summed E-state index contributed by atoms with van der Waals surface area (Å²) in [6, 6.07) is 10.1. The Hall–Kier alpha value is -4.02. The lowest BCUT2D eigenvalue weighted by Gasteiger charge is -2.15. The lowest BCUT2D eigenvalue weighted by Crippen LogP contribution is -2.47. The molecule has 2 rings (SSSR count). The average molecular weight is 374 g/mol. The molecule has 0 aliphatic heterocycles. The standard InChI is InChI=1S/C16H14N4O7/c1-10(27-14-7-5-12(6-8-14)19(23)24)15(21)17-18-16(22)11-3-2-4-13(9-11)20(25)26/h2-10H,1H3,(H,17,21)(H,18,22). The van der Waals surface area contributed by atoms with Gasteiger partial charge in [-0.05, 0) is 25.1 Å². The average Bonchev–Trinajstić information content (AvgIpc) is 2.66. The topological polar surface area (TPSA) is 154 Å². The molecule has 2 aromatic carbocycles. The highest BCUT2D eigenvalue weighted by molar-refractivity contribution is 5.96. The van der Waals surface area contributed by atoms with E-state index >= 15 is 0 Å². The fourth-order valence-corrected chi connectivity index (χ4v) is 1.96. The fourth-order valence-electron chi connectivity index (χ4n) is 1.96. The van der Waals surface area contributed by atoms with Crippen molar-refractivity contribution < 1.29 is 24.2 Å². The second-order valence-corrected chi connectivity index (χ2v) is 5.26. The first-order valence-electron chi connectivity index (χ1n) is 7.53. The van der Waals surface area contributed by atoms with Gasteiger partial charge in [0.05, 0.1) is 9.85 Å². The molecule has 0 bridgehead atoms. The van der Waals surface area contributed by atoms with Gasteiger partial charge in [-0.1, -0.05) is 6.07 Å². The van der Waals surface area contributed by atoms with Crippen LogP contribution in [0.5, 0.6) is 5.75 Å². The maximum atomic E-state index is 12.0. The lowest BCUT2D eigenvalue weighted by atomic mass is 10.2. The Kier molecular flexibility index (Phi) is 5.99. The third-order valence-electron chi connectivity index (χ3n) is 3.35. The van der Waals surface area contributed by atoms with Crippen molar-refractivity contribution in [3.05, 3.63) is 74.3 Å². The van der Waals surface area contributed by atoms with Gasteiger partial charge in [0.15, 0.2) is 6.10 Å². The summed E-state index contributed by atoms with van der Waals surface area (Å²) in [5, 5.41) is 21.3. The molecule has 140 valence electrons. The van der Waals surface area contributed by atoms with E-state index in [-0.39, 0.29) is 22.7 Å². The normalized spacial score (nSPS) is 11.1. The lowest BCUT2D eigenvalue weighted by molar-refractivity contribution is -0.385. The van der Waals surface area contributed by atoms with Crippen LogP contribution >= 0.6 is 0 Å². The molecule has 2 N–H and O–H groups in total. The van der Waals surface area contributed by atoms with Gasteiger partial charge in [-0.15, -0.1) is 0 Å². The summed E-state index contributed by atoms with van der Waals surface area (Å²) in [5.74, 6) is -1.20. The number of nitrogens with zero attached hydrogens (tertiary/aromatic N) is 2. The molecular formula is C16H14N4O7. The monoisotopic (exact) mass is 374 g/mol. The van der Waals surface area contributed by atoms with Crippen LogP contribution in [0.4, 0.5) is 11.4 Å². The van der Waals surface area contributed by atoms with Crippen LogP contribution < -0.4 is 15.6 Å². The maximum Gasteiger partial charge on any atom is 0.279 e. The van der Waals surface area contributed by atoms with E-state index in [0.29, 0.717) is 0 Å². The number of hydrogen-bond acceptors (Lipinski definition) is 7. The number of hydrogen-bond donors (Lipinski definition) is 2. The van der Waals surface area contributed by atoms with Gasteiger partial charge in [0.2, 0.25) is 0 Å². The highest BCUT2D eigenvalue weighted by Gasteiger charge is 2.17. The van der Waals surface area contributed by atoms with Gasteiger partial charge in [-0.2, -0.15) is 0 Å². The van der Waals surface area contributed by atoms with Crippen molar-refractivity contribution >= 4 is 23.2 Å². The maximum absolute atomic E-state index is 12.0. The van der Waals surface area contributed by atoms with Gasteiger partial charge in [-0.25, -0.2) is 0 Å². The molecule has 0 radical (unpaired) electrons. The second kappa shape index (κ2) is 8.38. The number of carbonyl (C=O) groups excluding carboxylic acids is 2. The van der Waals surface area contributed by atoms with Gasteiger partial charge in [0.25, 0.3) is 23.2 Å². The molecule has 0 saturated carbocycles. The molecule has 0 fully saturated rings. The predicted molar refractivity (Wildman–Crippen MR) is 91.9 cm³/mol. The summed E-state index contributed by atoms with van der Waals surface area (Å²) in [4.78, 5) is 44.0. The van der Waals surface area contributed by atoms with Crippen molar-refractivity contribution in [2.24, 2.45) is 0 Å². The van der Waals surface area contributed by atoms with E-state index in [4.69, 9.17) is 4.74 Å². The molecule has 11 heteroatoms. The number of nitro groups is 2. The second-order valence-electron chi connectivity index (χ2n) is 5.26. The third-order valence-corrected chi connectivity index (χ3v) is 3.35. The van der Waals surface area contributed by atoms with Crippen molar-refractivity contribution in [2.75, 3.05) is 0 Å². The van der Waals surface area contributed by atoms with Crippen LogP contribution in [0.1, 0.15) is 17.3 Å². The molecule has 1 atom stereocenters. The highest BCUT2D eigenvalue weighted by Crippen LogP contribution is 2.18. The molecule has 0 saturated heterocycles. The minimum Gasteiger partial charge on any atom is -0.481 e. The molecule has 0 aromatic heterocycles. The summed E-state index contributed by atoms with van der Waals surface area (Å²) in [6.45, 7) is 1.41. The van der Waals surface area contributed by atoms with Crippen molar-refractivity contribution in [3.8, 4) is 5.75 Å². The van der Waals surface area contributed by atoms with Crippen LogP contribution in [-0.4, -0.2) is 27.8 Å². The number of benzene rings is 2. The number of carbonyl (C=O) groups is 2. The fraction of sp³-hybridized carbons (Fsp3) is 0.125. The first-order chi connectivity index (χ1) is 12.8. The van der Waals surface area contributed by atoms with Crippen LogP contribution in [0.2, 0.25) is 0 Å². The predicted octanol–water partition coefficient (Wildman–Crippen LogP) is 1.73. The number of amides is 2. The zero-order chi connectivity index (χ0) is 20.0. The van der Waals surface area contributed by atoms with Crippen molar-refractivity contribution in [2.45, 2.75) is 13.0 Å². The van der Waals surface area contributed by atoms with Crippen LogP contribution in [0.25, 0.3) is 0 Å². The molecule has 11 nitrogen and oxygen atoms in total. The van der Waals surface area contributed by atoms with Gasteiger partial charge in [-0.3, -0.25) is 40.7 Å². The Morgan fingerprint density at radius 2 is 1.59 bits per heavy atom. The first-order valence-corrected chi connectivity index (χ1v) is 7.53. The Bertz CT molecular complexity index is 883. The minimum absolute atomic E-state index is 0.00607.